The monoisotopic (exact) mass is 314 g/mol. The van der Waals surface area contributed by atoms with Crippen LogP contribution in [-0.2, 0) is 6.61 Å². The second-order valence-corrected chi connectivity index (χ2v) is 5.39. The van der Waals surface area contributed by atoms with Crippen molar-refractivity contribution in [2.75, 3.05) is 0 Å². The molecule has 3 rings (SSSR count). The predicted octanol–water partition coefficient (Wildman–Crippen LogP) is 4.59. The standard InChI is InChI=1S/C17H15ClN2O2/c1-11-6-5-9-15(12(11)2)21-10-16-19-17(20-22-16)13-7-3-4-8-14(13)18/h3-9H,10H2,1-2H3. The van der Waals surface area contributed by atoms with E-state index < -0.39 is 0 Å². The highest BCUT2D eigenvalue weighted by Crippen LogP contribution is 2.25. The van der Waals surface area contributed by atoms with Crippen LogP contribution in [0, 0.1) is 13.8 Å². The number of hydrogen-bond donors (Lipinski definition) is 0. The number of nitrogens with zero attached hydrogens (tertiary/aromatic N) is 2. The molecule has 0 amide bonds. The van der Waals surface area contributed by atoms with Crippen molar-refractivity contribution in [3.63, 3.8) is 0 Å². The van der Waals surface area contributed by atoms with Crippen molar-refractivity contribution in [3.05, 3.63) is 64.5 Å². The zero-order valence-electron chi connectivity index (χ0n) is 12.3. The van der Waals surface area contributed by atoms with Crippen LogP contribution in [0.4, 0.5) is 0 Å². The number of aryl methyl sites for hydroxylation is 1. The first-order chi connectivity index (χ1) is 10.6. The Morgan fingerprint density at radius 1 is 1.09 bits per heavy atom. The Morgan fingerprint density at radius 2 is 1.91 bits per heavy atom. The molecule has 3 aromatic rings. The molecular formula is C17H15ClN2O2. The van der Waals surface area contributed by atoms with Gasteiger partial charge in [-0.25, -0.2) is 0 Å². The fraction of sp³-hybridized carbons (Fsp3) is 0.176. The summed E-state index contributed by atoms with van der Waals surface area (Å²) in [6.07, 6.45) is 0. The number of ether oxygens (including phenoxy) is 1. The van der Waals surface area contributed by atoms with Crippen molar-refractivity contribution < 1.29 is 9.26 Å². The fourth-order valence-electron chi connectivity index (χ4n) is 2.09. The van der Waals surface area contributed by atoms with Gasteiger partial charge < -0.3 is 9.26 Å². The van der Waals surface area contributed by atoms with Gasteiger partial charge >= 0.3 is 0 Å². The topological polar surface area (TPSA) is 48.2 Å². The van der Waals surface area contributed by atoms with Crippen LogP contribution in [-0.4, -0.2) is 10.1 Å². The summed E-state index contributed by atoms with van der Waals surface area (Å²) < 4.78 is 11.0. The van der Waals surface area contributed by atoms with Gasteiger partial charge in [0, 0.05) is 5.56 Å². The van der Waals surface area contributed by atoms with Gasteiger partial charge in [0.15, 0.2) is 6.61 Å². The van der Waals surface area contributed by atoms with Crippen molar-refractivity contribution in [3.8, 4) is 17.1 Å². The SMILES string of the molecule is Cc1cccc(OCc2nc(-c3ccccc3Cl)no2)c1C. The van der Waals surface area contributed by atoms with E-state index in [1.807, 2.05) is 50.2 Å². The van der Waals surface area contributed by atoms with Gasteiger partial charge in [0.05, 0.1) is 5.02 Å². The van der Waals surface area contributed by atoms with Crippen LogP contribution in [0.15, 0.2) is 47.0 Å². The third-order valence-electron chi connectivity index (χ3n) is 3.49. The van der Waals surface area contributed by atoms with Crippen molar-refractivity contribution >= 4 is 11.6 Å². The highest BCUT2D eigenvalue weighted by Gasteiger charge is 2.12. The minimum Gasteiger partial charge on any atom is -0.483 e. The van der Waals surface area contributed by atoms with E-state index in [9.17, 15) is 0 Å². The molecule has 0 saturated carbocycles. The van der Waals surface area contributed by atoms with Gasteiger partial charge in [0.2, 0.25) is 5.82 Å². The minimum atomic E-state index is 0.224. The van der Waals surface area contributed by atoms with Crippen LogP contribution in [0.5, 0.6) is 5.75 Å². The smallest absolute Gasteiger partial charge is 0.264 e. The molecule has 1 heterocycles. The summed E-state index contributed by atoms with van der Waals surface area (Å²) in [5, 5.41) is 4.54. The molecule has 0 spiro atoms. The normalized spacial score (nSPS) is 10.7. The van der Waals surface area contributed by atoms with Gasteiger partial charge in [-0.05, 0) is 43.2 Å². The lowest BCUT2D eigenvalue weighted by molar-refractivity contribution is 0.241. The van der Waals surface area contributed by atoms with E-state index >= 15 is 0 Å². The Morgan fingerprint density at radius 3 is 2.73 bits per heavy atom. The number of hydrogen-bond acceptors (Lipinski definition) is 4. The summed E-state index contributed by atoms with van der Waals surface area (Å²) in [4.78, 5) is 4.32. The Hall–Kier alpha value is -2.33. The molecule has 0 radical (unpaired) electrons. The van der Waals surface area contributed by atoms with Crippen molar-refractivity contribution in [1.29, 1.82) is 0 Å². The van der Waals surface area contributed by atoms with Crippen molar-refractivity contribution in [2.45, 2.75) is 20.5 Å². The summed E-state index contributed by atoms with van der Waals surface area (Å²) in [6.45, 7) is 4.29. The number of halogens is 1. The maximum Gasteiger partial charge on any atom is 0.264 e. The Balaban J connectivity index is 1.75. The fourth-order valence-corrected chi connectivity index (χ4v) is 2.31. The predicted molar refractivity (Wildman–Crippen MR) is 85.0 cm³/mol. The molecule has 22 heavy (non-hydrogen) atoms. The van der Waals surface area contributed by atoms with Crippen LogP contribution in [0.25, 0.3) is 11.4 Å². The van der Waals surface area contributed by atoms with E-state index in [1.54, 1.807) is 6.07 Å². The highest BCUT2D eigenvalue weighted by molar-refractivity contribution is 6.33. The molecule has 0 unspecified atom stereocenters. The molecule has 112 valence electrons. The lowest BCUT2D eigenvalue weighted by atomic mass is 10.1. The van der Waals surface area contributed by atoms with Gasteiger partial charge in [-0.1, -0.05) is 41.0 Å². The quantitative estimate of drug-likeness (QED) is 0.707. The lowest BCUT2D eigenvalue weighted by Crippen LogP contribution is -1.98. The molecule has 0 aliphatic heterocycles. The Kier molecular flexibility index (Phi) is 4.11. The molecule has 0 N–H and O–H groups in total. The molecule has 0 bridgehead atoms. The molecule has 0 aliphatic carbocycles. The largest absolute Gasteiger partial charge is 0.483 e. The van der Waals surface area contributed by atoms with Crippen molar-refractivity contribution in [1.82, 2.24) is 10.1 Å². The summed E-state index contributed by atoms with van der Waals surface area (Å²) in [6, 6.07) is 13.3. The third kappa shape index (κ3) is 2.97. The van der Waals surface area contributed by atoms with Gasteiger partial charge in [-0.2, -0.15) is 4.98 Å². The average Bonchev–Trinajstić information content (AvgIpc) is 2.98. The zero-order chi connectivity index (χ0) is 15.5. The van der Waals surface area contributed by atoms with Crippen molar-refractivity contribution in [2.24, 2.45) is 0 Å². The van der Waals surface area contributed by atoms with Crippen LogP contribution >= 0.6 is 11.6 Å². The van der Waals surface area contributed by atoms with E-state index in [1.165, 1.54) is 5.56 Å². The first kappa shape index (κ1) is 14.6. The van der Waals surface area contributed by atoms with Gasteiger partial charge in [0.1, 0.15) is 5.75 Å². The lowest BCUT2D eigenvalue weighted by Gasteiger charge is -2.08. The third-order valence-corrected chi connectivity index (χ3v) is 3.82. The Bertz CT molecular complexity index is 799. The minimum absolute atomic E-state index is 0.224. The molecule has 0 atom stereocenters. The van der Waals surface area contributed by atoms with Gasteiger partial charge in [0.25, 0.3) is 5.89 Å². The molecule has 5 heteroatoms. The van der Waals surface area contributed by atoms with Gasteiger partial charge in [-0.15, -0.1) is 0 Å². The molecule has 4 nitrogen and oxygen atoms in total. The summed E-state index contributed by atoms with van der Waals surface area (Å²) >= 11 is 6.13. The van der Waals surface area contributed by atoms with E-state index in [2.05, 4.69) is 10.1 Å². The van der Waals surface area contributed by atoms with Crippen LogP contribution < -0.4 is 4.74 Å². The first-order valence-corrected chi connectivity index (χ1v) is 7.29. The summed E-state index contributed by atoms with van der Waals surface area (Å²) in [5.74, 6) is 1.69. The van der Waals surface area contributed by atoms with E-state index in [4.69, 9.17) is 20.9 Å². The maximum atomic E-state index is 6.13. The molecule has 0 saturated heterocycles. The van der Waals surface area contributed by atoms with E-state index in [0.717, 1.165) is 16.9 Å². The second-order valence-electron chi connectivity index (χ2n) is 4.98. The summed E-state index contributed by atoms with van der Waals surface area (Å²) in [5.41, 5.74) is 3.03. The van der Waals surface area contributed by atoms with E-state index in [0.29, 0.717) is 16.7 Å². The Labute approximate surface area is 133 Å². The molecule has 2 aromatic carbocycles. The average molecular weight is 315 g/mol. The number of aromatic nitrogens is 2. The maximum absolute atomic E-state index is 6.13. The van der Waals surface area contributed by atoms with Crippen LogP contribution in [0.3, 0.4) is 0 Å². The highest BCUT2D eigenvalue weighted by atomic mass is 35.5. The number of rotatable bonds is 4. The van der Waals surface area contributed by atoms with Crippen LogP contribution in [0.2, 0.25) is 5.02 Å². The first-order valence-electron chi connectivity index (χ1n) is 6.91. The number of benzene rings is 2. The molecule has 0 aliphatic rings. The van der Waals surface area contributed by atoms with Gasteiger partial charge in [-0.3, -0.25) is 0 Å². The molecule has 0 fully saturated rings. The molecule has 1 aromatic heterocycles. The zero-order valence-corrected chi connectivity index (χ0v) is 13.1. The van der Waals surface area contributed by atoms with E-state index in [-0.39, 0.29) is 6.61 Å². The summed E-state index contributed by atoms with van der Waals surface area (Å²) in [7, 11) is 0. The van der Waals surface area contributed by atoms with Crippen LogP contribution in [0.1, 0.15) is 17.0 Å². The molecular weight excluding hydrogens is 300 g/mol. The second kappa shape index (κ2) is 6.20.